The lowest BCUT2D eigenvalue weighted by molar-refractivity contribution is -0.164. The van der Waals surface area contributed by atoms with Gasteiger partial charge in [-0.05, 0) is 34.2 Å². The molecule has 0 aromatic heterocycles. The van der Waals surface area contributed by atoms with Crippen molar-refractivity contribution in [1.29, 1.82) is 0 Å². The van der Waals surface area contributed by atoms with Gasteiger partial charge in [0.1, 0.15) is 0 Å². The van der Waals surface area contributed by atoms with Crippen molar-refractivity contribution in [2.24, 2.45) is 0 Å². The molecule has 2 atom stereocenters. The molecule has 0 saturated carbocycles. The normalized spacial score (nSPS) is 14.6. The average molecular weight is 457 g/mol. The zero-order valence-electron chi connectivity index (χ0n) is 6.63. The third-order valence-electron chi connectivity index (χ3n) is 1.19. The third-order valence-corrected chi connectivity index (χ3v) is 3.06. The van der Waals surface area contributed by atoms with E-state index in [-0.39, 0.29) is 0 Å². The molecule has 0 aliphatic carbocycles. The second-order valence-electron chi connectivity index (χ2n) is 2.07. The molecule has 14 heavy (non-hydrogen) atoms. The predicted octanol–water partition coefficient (Wildman–Crippen LogP) is 3.12. The van der Waals surface area contributed by atoms with Crippen molar-refractivity contribution < 1.29 is 18.8 Å². The van der Waals surface area contributed by atoms with E-state index < -0.39 is 12.0 Å². The van der Waals surface area contributed by atoms with Gasteiger partial charge in [-0.15, -0.1) is 0 Å². The topological polar surface area (TPSA) is 61.8 Å². The lowest BCUT2D eigenvalue weighted by atomic mass is 10.3. The van der Waals surface area contributed by atoms with Crippen molar-refractivity contribution in [2.75, 3.05) is 0 Å². The van der Waals surface area contributed by atoms with Gasteiger partial charge >= 0.3 is 0 Å². The first-order chi connectivity index (χ1) is 6.59. The second kappa shape index (κ2) is 6.60. The largest absolute Gasteiger partial charge is 0.790 e. The van der Waals surface area contributed by atoms with E-state index >= 15 is 0 Å². The van der Waals surface area contributed by atoms with Gasteiger partial charge < -0.3 is 18.8 Å². The average Bonchev–Trinajstić information content (AvgIpc) is 2.06. The summed E-state index contributed by atoms with van der Waals surface area (Å²) < 4.78 is 10.1. The van der Waals surface area contributed by atoms with E-state index in [9.17, 15) is 4.89 Å². The van der Waals surface area contributed by atoms with E-state index in [1.807, 2.05) is 0 Å². The Hall–Kier alpha value is 1.06. The molecule has 0 aliphatic heterocycles. The van der Waals surface area contributed by atoms with E-state index in [4.69, 9.17) is 13.9 Å². The van der Waals surface area contributed by atoms with Crippen LogP contribution in [-0.2, 0) is 0 Å². The summed E-state index contributed by atoms with van der Waals surface area (Å²) in [6.45, 7) is 0. The fraction of sp³-hybridized carbons (Fsp3) is 0. The molecule has 8 heteroatoms. The Morgan fingerprint density at radius 2 is 1.64 bits per heavy atom. The van der Waals surface area contributed by atoms with E-state index in [0.29, 0.717) is 11.5 Å². The first kappa shape index (κ1) is 13.1. The van der Waals surface area contributed by atoms with Gasteiger partial charge in [-0.25, -0.2) is 0 Å². The lowest BCUT2D eigenvalue weighted by Gasteiger charge is -2.18. The molecule has 1 rings (SSSR count). The van der Waals surface area contributed by atoms with Crippen LogP contribution in [0.25, 0.3) is 0 Å². The molecule has 1 N–H and O–H groups in total. The number of rotatable bonds is 4. The Bertz CT molecular complexity index is 268. The highest BCUT2D eigenvalue weighted by atomic mass is 127. The molecule has 0 spiro atoms. The summed E-state index contributed by atoms with van der Waals surface area (Å²) in [4.78, 5) is 19.9. The highest BCUT2D eigenvalue weighted by Gasteiger charge is 2.08. The zero-order chi connectivity index (χ0) is 10.6. The fourth-order valence-electron chi connectivity index (χ4n) is 0.759. The quantitative estimate of drug-likeness (QED) is 0.558. The highest BCUT2D eigenvalue weighted by Crippen LogP contribution is 2.47. The smallest absolute Gasteiger partial charge is 0.296 e. The van der Waals surface area contributed by atoms with Gasteiger partial charge in [-0.2, -0.15) is 0 Å². The Labute approximate surface area is 110 Å². The summed E-state index contributed by atoms with van der Waals surface area (Å²) in [5.41, 5.74) is 0. The highest BCUT2D eigenvalue weighted by molar-refractivity contribution is 14.2. The summed E-state index contributed by atoms with van der Waals surface area (Å²) in [6.07, 6.45) is 0. The summed E-state index contributed by atoms with van der Waals surface area (Å²) in [5.74, 6) is 0.775. The Balaban J connectivity index is 2.80. The third kappa shape index (κ3) is 4.72. The van der Waals surface area contributed by atoms with Crippen molar-refractivity contribution in [3.8, 4) is 11.5 Å². The van der Waals surface area contributed by atoms with Crippen molar-refractivity contribution in [2.45, 2.75) is 0 Å². The molecule has 2 unspecified atom stereocenters. The predicted molar refractivity (Wildman–Crippen MR) is 71.8 cm³/mol. The van der Waals surface area contributed by atoms with Gasteiger partial charge in [0, 0.05) is 22.0 Å². The molecule has 78 valence electrons. The molecule has 0 saturated heterocycles. The summed E-state index contributed by atoms with van der Waals surface area (Å²) in [7, 11) is 0. The molecule has 1 aromatic carbocycles. The van der Waals surface area contributed by atoms with Crippen LogP contribution in [0.3, 0.4) is 0 Å². The maximum Gasteiger partial charge on any atom is 0.296 e. The van der Waals surface area contributed by atoms with Gasteiger partial charge in [-0.3, -0.25) is 0 Å². The van der Waals surface area contributed by atoms with Crippen LogP contribution in [0, 0.1) is 0 Å². The van der Waals surface area contributed by atoms with E-state index in [1.165, 1.54) is 0 Å². The van der Waals surface area contributed by atoms with Gasteiger partial charge in [0.25, 0.3) is 6.02 Å². The van der Waals surface area contributed by atoms with Crippen LogP contribution in [-0.4, -0.2) is 4.89 Å². The number of benzene rings is 1. The number of halogens is 2. The van der Waals surface area contributed by atoms with Gasteiger partial charge in [0.15, 0.2) is 11.5 Å². The lowest BCUT2D eigenvalue weighted by Crippen LogP contribution is -1.96. The van der Waals surface area contributed by atoms with E-state index in [1.54, 1.807) is 68.3 Å². The Kier molecular flexibility index (Phi) is 6.19. The minimum atomic E-state index is -1.75. The van der Waals surface area contributed by atoms with E-state index in [0.717, 1.165) is 0 Å². The number of hydrogen-bond donors (Lipinski definition) is 1. The second-order valence-corrected chi connectivity index (χ2v) is 8.15. The molecule has 0 radical (unpaired) electrons. The van der Waals surface area contributed by atoms with Crippen molar-refractivity contribution >= 4 is 56.1 Å². The van der Waals surface area contributed by atoms with Crippen LogP contribution < -0.4 is 13.9 Å². The van der Waals surface area contributed by atoms with E-state index in [2.05, 4.69) is 0 Å². The monoisotopic (exact) mass is 457 g/mol. The van der Waals surface area contributed by atoms with Crippen molar-refractivity contribution in [3.63, 3.8) is 0 Å². The molecular weight excluding hydrogens is 452 g/mol. The van der Waals surface area contributed by atoms with Crippen molar-refractivity contribution in [3.05, 3.63) is 24.3 Å². The molecule has 0 aliphatic rings. The minimum Gasteiger partial charge on any atom is -0.790 e. The maximum atomic E-state index is 10.8. The van der Waals surface area contributed by atoms with Crippen LogP contribution >= 0.6 is 56.1 Å². The molecule has 0 bridgehead atoms. The van der Waals surface area contributed by atoms with Gasteiger partial charge in [0.05, 0.1) is 6.02 Å². The van der Waals surface area contributed by atoms with Gasteiger partial charge in [-0.1, -0.05) is 12.1 Å². The Morgan fingerprint density at radius 1 is 1.14 bits per heavy atom. The standard InChI is InChI=1S/C6H5I2O4P2/c7-13(9)11-5-3-1-2-4-6(5)12-14(8)10/h1-4,9H/q-1. The zero-order valence-corrected chi connectivity index (χ0v) is 12.7. The number of para-hydroxylation sites is 2. The summed E-state index contributed by atoms with van der Waals surface area (Å²) >= 11 is 3.43. The minimum absolute atomic E-state index is 0.376. The SMILES string of the molecule is [O-]P(I)Oc1ccccc1OP(O)I. The van der Waals surface area contributed by atoms with Crippen molar-refractivity contribution in [1.82, 2.24) is 0 Å². The summed E-state index contributed by atoms with van der Waals surface area (Å²) in [6, 6.07) is 3.49. The van der Waals surface area contributed by atoms with Crippen LogP contribution in [0.15, 0.2) is 24.3 Å². The summed E-state index contributed by atoms with van der Waals surface area (Å²) in [5, 5.41) is 0. The maximum absolute atomic E-state index is 10.8. The molecule has 1 aromatic rings. The van der Waals surface area contributed by atoms with Crippen LogP contribution in [0.2, 0.25) is 0 Å². The van der Waals surface area contributed by atoms with Crippen LogP contribution in [0.1, 0.15) is 0 Å². The molecule has 4 nitrogen and oxygen atoms in total. The number of hydrogen-bond acceptors (Lipinski definition) is 4. The molecule has 0 amide bonds. The van der Waals surface area contributed by atoms with Crippen LogP contribution in [0.4, 0.5) is 0 Å². The first-order valence-electron chi connectivity index (χ1n) is 3.32. The molecule has 0 fully saturated rings. The van der Waals surface area contributed by atoms with Gasteiger partial charge in [0.2, 0.25) is 0 Å². The molecular formula is C6H5I2O4P2-. The van der Waals surface area contributed by atoms with Crippen LogP contribution in [0.5, 0.6) is 11.5 Å². The Morgan fingerprint density at radius 3 is 2.07 bits per heavy atom. The first-order valence-corrected chi connectivity index (χ1v) is 11.3. The molecule has 0 heterocycles. The fourth-order valence-corrected chi connectivity index (χ4v) is 2.65.